The molecule has 5 nitrogen and oxygen atoms in total. The highest BCUT2D eigenvalue weighted by molar-refractivity contribution is 6.01. The number of nitrogens with zero attached hydrogens (tertiary/aromatic N) is 1. The molecule has 2 aromatic carbocycles. The summed E-state index contributed by atoms with van der Waals surface area (Å²) >= 11 is 0. The van der Waals surface area contributed by atoms with E-state index in [1.54, 1.807) is 31.4 Å². The lowest BCUT2D eigenvalue weighted by Crippen LogP contribution is -2.52. The molecule has 0 bridgehead atoms. The van der Waals surface area contributed by atoms with Gasteiger partial charge in [-0.05, 0) is 55.3 Å². The van der Waals surface area contributed by atoms with E-state index in [1.165, 1.54) is 0 Å². The van der Waals surface area contributed by atoms with Crippen LogP contribution >= 0.6 is 0 Å². The number of ketones is 1. The zero-order chi connectivity index (χ0) is 19.9. The van der Waals surface area contributed by atoms with Crippen LogP contribution in [0.15, 0.2) is 36.4 Å². The summed E-state index contributed by atoms with van der Waals surface area (Å²) in [5.74, 6) is 1.60. The number of Topliss-reactive ketones (excluding diaryl/α,β-unsaturated/α-hetero) is 1. The third-order valence-electron chi connectivity index (χ3n) is 5.82. The fraction of sp³-hybridized carbons (Fsp3) is 0.391. The molecule has 1 amide bonds. The van der Waals surface area contributed by atoms with Crippen LogP contribution in [-0.2, 0) is 0 Å². The Morgan fingerprint density at radius 1 is 1.11 bits per heavy atom. The van der Waals surface area contributed by atoms with Crippen LogP contribution in [0.1, 0.15) is 51.1 Å². The van der Waals surface area contributed by atoms with Crippen molar-refractivity contribution >= 4 is 11.7 Å². The number of benzene rings is 2. The summed E-state index contributed by atoms with van der Waals surface area (Å²) in [5.41, 5.74) is 2.91. The Morgan fingerprint density at radius 3 is 2.43 bits per heavy atom. The van der Waals surface area contributed by atoms with Crippen molar-refractivity contribution in [3.05, 3.63) is 58.7 Å². The summed E-state index contributed by atoms with van der Waals surface area (Å²) in [7, 11) is 1.60. The minimum Gasteiger partial charge on any atom is -0.497 e. The number of rotatable bonds is 2. The number of fused-ring (bicyclic) bond motifs is 1. The summed E-state index contributed by atoms with van der Waals surface area (Å²) in [6.07, 6.45) is 1.70. The topological polar surface area (TPSA) is 55.8 Å². The standard InChI is InChI=1S/C23H25NO4/c1-15-12-16(2)21-19(13-15)20(25)14-23(28-21)8-10-24(11-9-23)22(26)17-4-6-18(27-3)7-5-17/h4-7,12-13H,8-11,14H2,1-3H3. The van der Waals surface area contributed by atoms with Crippen molar-refractivity contribution in [1.29, 1.82) is 0 Å². The van der Waals surface area contributed by atoms with Gasteiger partial charge in [0, 0.05) is 31.5 Å². The first kappa shape index (κ1) is 18.5. The van der Waals surface area contributed by atoms with Gasteiger partial charge < -0.3 is 14.4 Å². The van der Waals surface area contributed by atoms with Gasteiger partial charge in [0.1, 0.15) is 17.1 Å². The third kappa shape index (κ3) is 3.26. The summed E-state index contributed by atoms with van der Waals surface area (Å²) in [6.45, 7) is 5.14. The van der Waals surface area contributed by atoms with E-state index in [2.05, 4.69) is 0 Å². The first-order valence-electron chi connectivity index (χ1n) is 9.68. The number of amides is 1. The molecular weight excluding hydrogens is 354 g/mol. The number of ether oxygens (including phenoxy) is 2. The molecule has 28 heavy (non-hydrogen) atoms. The maximum Gasteiger partial charge on any atom is 0.253 e. The molecule has 4 rings (SSSR count). The largest absolute Gasteiger partial charge is 0.497 e. The van der Waals surface area contributed by atoms with Gasteiger partial charge in [-0.2, -0.15) is 0 Å². The van der Waals surface area contributed by atoms with Gasteiger partial charge in [0.15, 0.2) is 5.78 Å². The van der Waals surface area contributed by atoms with Gasteiger partial charge in [0.05, 0.1) is 19.1 Å². The van der Waals surface area contributed by atoms with E-state index < -0.39 is 5.60 Å². The predicted molar refractivity (Wildman–Crippen MR) is 106 cm³/mol. The summed E-state index contributed by atoms with van der Waals surface area (Å²) in [5, 5.41) is 0. The molecule has 5 heteroatoms. The van der Waals surface area contributed by atoms with Crippen LogP contribution in [-0.4, -0.2) is 42.4 Å². The highest BCUT2D eigenvalue weighted by Gasteiger charge is 2.44. The minimum absolute atomic E-state index is 0.00634. The summed E-state index contributed by atoms with van der Waals surface area (Å²) < 4.78 is 11.6. The Kier molecular flexibility index (Phi) is 4.61. The molecule has 2 aromatic rings. The van der Waals surface area contributed by atoms with Gasteiger partial charge in [0.2, 0.25) is 0 Å². The first-order valence-corrected chi connectivity index (χ1v) is 9.68. The van der Waals surface area contributed by atoms with Crippen molar-refractivity contribution in [2.45, 2.75) is 38.7 Å². The van der Waals surface area contributed by atoms with Crippen molar-refractivity contribution < 1.29 is 19.1 Å². The van der Waals surface area contributed by atoms with Crippen molar-refractivity contribution in [3.63, 3.8) is 0 Å². The Hall–Kier alpha value is -2.82. The molecule has 1 spiro atoms. The zero-order valence-corrected chi connectivity index (χ0v) is 16.6. The Morgan fingerprint density at radius 2 is 1.79 bits per heavy atom. The SMILES string of the molecule is COc1ccc(C(=O)N2CCC3(CC2)CC(=O)c2cc(C)cc(C)c2O3)cc1. The number of hydrogen-bond acceptors (Lipinski definition) is 4. The lowest BCUT2D eigenvalue weighted by Gasteiger charge is -2.44. The van der Waals surface area contributed by atoms with Crippen LogP contribution in [0.25, 0.3) is 0 Å². The van der Waals surface area contributed by atoms with E-state index in [4.69, 9.17) is 9.47 Å². The number of piperidine rings is 1. The lowest BCUT2D eigenvalue weighted by atomic mass is 9.81. The number of aryl methyl sites for hydroxylation is 2. The van der Waals surface area contributed by atoms with Gasteiger partial charge >= 0.3 is 0 Å². The fourth-order valence-electron chi connectivity index (χ4n) is 4.25. The van der Waals surface area contributed by atoms with Crippen LogP contribution < -0.4 is 9.47 Å². The molecule has 2 aliphatic rings. The van der Waals surface area contributed by atoms with E-state index in [-0.39, 0.29) is 11.7 Å². The lowest BCUT2D eigenvalue weighted by molar-refractivity contribution is -0.00619. The van der Waals surface area contributed by atoms with Gasteiger partial charge in [0.25, 0.3) is 5.91 Å². The van der Waals surface area contributed by atoms with Crippen LogP contribution in [0.5, 0.6) is 11.5 Å². The van der Waals surface area contributed by atoms with Gasteiger partial charge in [-0.25, -0.2) is 0 Å². The second-order valence-corrected chi connectivity index (χ2v) is 7.86. The average molecular weight is 379 g/mol. The number of carbonyl (C=O) groups is 2. The molecule has 0 unspecified atom stereocenters. The van der Waals surface area contributed by atoms with Crippen molar-refractivity contribution in [2.24, 2.45) is 0 Å². The smallest absolute Gasteiger partial charge is 0.253 e. The first-order chi connectivity index (χ1) is 13.4. The number of carbonyl (C=O) groups excluding carboxylic acids is 2. The second-order valence-electron chi connectivity index (χ2n) is 7.86. The average Bonchev–Trinajstić information content (AvgIpc) is 2.69. The molecule has 0 saturated carbocycles. The molecule has 2 aliphatic heterocycles. The molecule has 1 saturated heterocycles. The van der Waals surface area contributed by atoms with Crippen LogP contribution in [0.3, 0.4) is 0 Å². The van der Waals surface area contributed by atoms with E-state index in [0.717, 1.165) is 22.6 Å². The monoisotopic (exact) mass is 379 g/mol. The fourth-order valence-corrected chi connectivity index (χ4v) is 4.25. The van der Waals surface area contributed by atoms with E-state index in [9.17, 15) is 9.59 Å². The van der Waals surface area contributed by atoms with Crippen molar-refractivity contribution in [1.82, 2.24) is 4.90 Å². The van der Waals surface area contributed by atoms with Crippen LogP contribution in [0, 0.1) is 13.8 Å². The molecule has 2 heterocycles. The molecule has 0 aromatic heterocycles. The Bertz CT molecular complexity index is 924. The highest BCUT2D eigenvalue weighted by Crippen LogP contribution is 2.41. The molecule has 0 radical (unpaired) electrons. The molecule has 0 N–H and O–H groups in total. The molecule has 0 atom stereocenters. The summed E-state index contributed by atoms with van der Waals surface area (Å²) in [4.78, 5) is 27.4. The van der Waals surface area contributed by atoms with Gasteiger partial charge in [-0.15, -0.1) is 0 Å². The Balaban J connectivity index is 1.49. The van der Waals surface area contributed by atoms with Gasteiger partial charge in [-0.1, -0.05) is 6.07 Å². The molecule has 1 fully saturated rings. The van der Waals surface area contributed by atoms with Gasteiger partial charge in [-0.3, -0.25) is 9.59 Å². The number of hydrogen-bond donors (Lipinski definition) is 0. The number of likely N-dealkylation sites (tertiary alicyclic amines) is 1. The summed E-state index contributed by atoms with van der Waals surface area (Å²) in [6, 6.07) is 11.1. The highest BCUT2D eigenvalue weighted by atomic mass is 16.5. The molecule has 146 valence electrons. The molecular formula is C23H25NO4. The van der Waals surface area contributed by atoms with Crippen molar-refractivity contribution in [3.8, 4) is 11.5 Å². The van der Waals surface area contributed by atoms with E-state index in [1.807, 2.05) is 30.9 Å². The zero-order valence-electron chi connectivity index (χ0n) is 16.6. The van der Waals surface area contributed by atoms with E-state index >= 15 is 0 Å². The molecule has 0 aliphatic carbocycles. The van der Waals surface area contributed by atoms with Crippen LogP contribution in [0.2, 0.25) is 0 Å². The van der Waals surface area contributed by atoms with Crippen molar-refractivity contribution in [2.75, 3.05) is 20.2 Å². The third-order valence-corrected chi connectivity index (χ3v) is 5.82. The quantitative estimate of drug-likeness (QED) is 0.793. The van der Waals surface area contributed by atoms with Crippen LogP contribution in [0.4, 0.5) is 0 Å². The number of methoxy groups -OCH3 is 1. The maximum atomic E-state index is 12.8. The predicted octanol–water partition coefficient (Wildman–Crippen LogP) is 3.95. The maximum absolute atomic E-state index is 12.8. The minimum atomic E-state index is -0.499. The normalized spacial score (nSPS) is 17.8. The van der Waals surface area contributed by atoms with E-state index in [0.29, 0.717) is 43.5 Å². The second kappa shape index (κ2) is 6.97. The Labute approximate surface area is 165 Å².